The summed E-state index contributed by atoms with van der Waals surface area (Å²) in [5.74, 6) is -0.227. The van der Waals surface area contributed by atoms with E-state index in [0.717, 1.165) is 0 Å². The third-order valence-corrected chi connectivity index (χ3v) is 2.70. The first-order chi connectivity index (χ1) is 8.99. The maximum atomic E-state index is 11.9. The molecule has 0 heterocycles. The monoisotopic (exact) mass is 267 g/mol. The molecule has 1 aromatic rings. The highest BCUT2D eigenvalue weighted by atomic mass is 16.6. The van der Waals surface area contributed by atoms with E-state index in [1.54, 1.807) is 7.05 Å². The second-order valence-electron chi connectivity index (χ2n) is 4.04. The number of amides is 1. The van der Waals surface area contributed by atoms with Crippen molar-refractivity contribution in [1.29, 1.82) is 0 Å². The zero-order valence-corrected chi connectivity index (χ0v) is 11.1. The lowest BCUT2D eigenvalue weighted by atomic mass is 10.1. The van der Waals surface area contributed by atoms with Crippen LogP contribution in [0.1, 0.15) is 17.3 Å². The smallest absolute Gasteiger partial charge is 0.310 e. The molecule has 1 rings (SSSR count). The van der Waals surface area contributed by atoms with E-state index < -0.39 is 4.92 Å². The second kappa shape index (κ2) is 6.69. The lowest BCUT2D eigenvalue weighted by Gasteiger charge is -2.11. The Hall–Kier alpha value is -2.15. The molecular weight excluding hydrogens is 250 g/mol. The van der Waals surface area contributed by atoms with Crippen LogP contribution in [-0.4, -0.2) is 37.6 Å². The Balaban J connectivity index is 2.84. The Morgan fingerprint density at radius 1 is 1.53 bits per heavy atom. The number of ether oxygens (including phenoxy) is 1. The van der Waals surface area contributed by atoms with E-state index in [-0.39, 0.29) is 23.4 Å². The molecule has 19 heavy (non-hydrogen) atoms. The van der Waals surface area contributed by atoms with Gasteiger partial charge in [-0.05, 0) is 20.0 Å². The average Bonchev–Trinajstić information content (AvgIpc) is 2.43. The molecule has 0 aliphatic rings. The van der Waals surface area contributed by atoms with Gasteiger partial charge in [-0.2, -0.15) is 0 Å². The van der Waals surface area contributed by atoms with Gasteiger partial charge in [0.15, 0.2) is 5.75 Å². The third kappa shape index (κ3) is 3.92. The zero-order valence-electron chi connectivity index (χ0n) is 11.1. The minimum atomic E-state index is -0.552. The second-order valence-corrected chi connectivity index (χ2v) is 4.04. The highest BCUT2D eigenvalue weighted by Gasteiger charge is 2.17. The number of carbonyl (C=O) groups excluding carboxylic acids is 1. The van der Waals surface area contributed by atoms with Crippen LogP contribution >= 0.6 is 0 Å². The maximum absolute atomic E-state index is 11.9. The summed E-state index contributed by atoms with van der Waals surface area (Å²) in [4.78, 5) is 22.0. The molecule has 0 radical (unpaired) electrons. The fraction of sp³-hybridized carbons (Fsp3) is 0.417. The number of nitro groups is 1. The van der Waals surface area contributed by atoms with Crippen LogP contribution in [0.3, 0.4) is 0 Å². The molecule has 0 saturated heterocycles. The number of hydrogen-bond donors (Lipinski definition) is 2. The number of likely N-dealkylation sites (N-methyl/N-ethyl adjacent to an activating group) is 1. The number of nitrogens with zero attached hydrogens (tertiary/aromatic N) is 1. The molecule has 0 aromatic heterocycles. The predicted octanol–water partition coefficient (Wildman–Crippen LogP) is 0.941. The Morgan fingerprint density at radius 3 is 2.74 bits per heavy atom. The van der Waals surface area contributed by atoms with Crippen LogP contribution in [0.5, 0.6) is 5.75 Å². The van der Waals surface area contributed by atoms with Gasteiger partial charge in [-0.3, -0.25) is 14.9 Å². The first-order valence-corrected chi connectivity index (χ1v) is 5.77. The third-order valence-electron chi connectivity index (χ3n) is 2.70. The fourth-order valence-corrected chi connectivity index (χ4v) is 1.42. The molecule has 0 saturated carbocycles. The number of methoxy groups -OCH3 is 1. The van der Waals surface area contributed by atoms with Crippen LogP contribution in [0, 0.1) is 10.1 Å². The summed E-state index contributed by atoms with van der Waals surface area (Å²) < 4.78 is 4.91. The molecule has 0 spiro atoms. The highest BCUT2D eigenvalue weighted by Crippen LogP contribution is 2.27. The minimum absolute atomic E-state index is 0.0688. The van der Waals surface area contributed by atoms with Gasteiger partial charge in [0.1, 0.15) is 0 Å². The van der Waals surface area contributed by atoms with Crippen molar-refractivity contribution in [1.82, 2.24) is 10.6 Å². The van der Waals surface area contributed by atoms with Crippen molar-refractivity contribution in [2.75, 3.05) is 20.7 Å². The van der Waals surface area contributed by atoms with E-state index in [0.29, 0.717) is 12.1 Å². The quantitative estimate of drug-likeness (QED) is 0.591. The van der Waals surface area contributed by atoms with Crippen molar-refractivity contribution in [2.24, 2.45) is 0 Å². The van der Waals surface area contributed by atoms with Crippen LogP contribution in [0.25, 0.3) is 0 Å². The Bertz CT molecular complexity index is 476. The molecule has 2 N–H and O–H groups in total. The van der Waals surface area contributed by atoms with E-state index in [4.69, 9.17) is 4.74 Å². The van der Waals surface area contributed by atoms with E-state index in [1.807, 2.05) is 6.92 Å². The van der Waals surface area contributed by atoms with Crippen LogP contribution in [-0.2, 0) is 0 Å². The molecule has 7 nitrogen and oxygen atoms in total. The normalized spacial score (nSPS) is 11.7. The SMILES string of the molecule is CNC(C)CNC(=O)c1ccc([N+](=O)[O-])c(OC)c1. The molecule has 0 fully saturated rings. The van der Waals surface area contributed by atoms with Gasteiger partial charge in [0.25, 0.3) is 5.91 Å². The topological polar surface area (TPSA) is 93.5 Å². The molecule has 7 heteroatoms. The van der Waals surface area contributed by atoms with Crippen molar-refractivity contribution in [3.63, 3.8) is 0 Å². The summed E-state index contributed by atoms with van der Waals surface area (Å²) in [6.45, 7) is 2.39. The summed E-state index contributed by atoms with van der Waals surface area (Å²) in [5.41, 5.74) is 0.161. The van der Waals surface area contributed by atoms with Gasteiger partial charge in [-0.1, -0.05) is 0 Å². The first kappa shape index (κ1) is 14.9. The summed E-state index contributed by atoms with van der Waals surface area (Å²) >= 11 is 0. The first-order valence-electron chi connectivity index (χ1n) is 5.77. The zero-order chi connectivity index (χ0) is 14.4. The average molecular weight is 267 g/mol. The molecule has 0 aliphatic heterocycles. The van der Waals surface area contributed by atoms with Crippen LogP contribution in [0.2, 0.25) is 0 Å². The highest BCUT2D eigenvalue weighted by molar-refractivity contribution is 5.95. The molecule has 1 atom stereocenters. The number of nitrogens with one attached hydrogen (secondary N) is 2. The van der Waals surface area contributed by atoms with Crippen molar-refractivity contribution in [2.45, 2.75) is 13.0 Å². The van der Waals surface area contributed by atoms with Gasteiger partial charge in [0.2, 0.25) is 0 Å². The molecular formula is C12H17N3O4. The molecule has 0 bridgehead atoms. The Labute approximate surface area is 111 Å². The summed E-state index contributed by atoms with van der Waals surface area (Å²) in [6.07, 6.45) is 0. The van der Waals surface area contributed by atoms with Gasteiger partial charge < -0.3 is 15.4 Å². The van der Waals surface area contributed by atoms with E-state index >= 15 is 0 Å². The predicted molar refractivity (Wildman–Crippen MR) is 70.5 cm³/mol. The van der Waals surface area contributed by atoms with Crippen LogP contribution in [0.15, 0.2) is 18.2 Å². The number of hydrogen-bond acceptors (Lipinski definition) is 5. The Morgan fingerprint density at radius 2 is 2.21 bits per heavy atom. The van der Waals surface area contributed by atoms with Crippen LogP contribution < -0.4 is 15.4 Å². The number of nitro benzene ring substituents is 1. The summed E-state index contributed by atoms with van der Waals surface area (Å²) in [5, 5.41) is 16.4. The standard InChI is InChI=1S/C12H17N3O4/c1-8(13-2)7-14-12(16)9-4-5-10(15(17)18)11(6-9)19-3/h4-6,8,13H,7H2,1-3H3,(H,14,16). The Kier molecular flexibility index (Phi) is 5.25. The van der Waals surface area contributed by atoms with Crippen molar-refractivity contribution in [3.8, 4) is 5.75 Å². The van der Waals surface area contributed by atoms with Gasteiger partial charge >= 0.3 is 5.69 Å². The van der Waals surface area contributed by atoms with Gasteiger partial charge in [-0.15, -0.1) is 0 Å². The lowest BCUT2D eigenvalue weighted by Crippen LogP contribution is -2.37. The molecule has 1 amide bonds. The molecule has 104 valence electrons. The van der Waals surface area contributed by atoms with Crippen LogP contribution in [0.4, 0.5) is 5.69 Å². The lowest BCUT2D eigenvalue weighted by molar-refractivity contribution is -0.385. The summed E-state index contributed by atoms with van der Waals surface area (Å²) in [7, 11) is 3.12. The number of benzene rings is 1. The van der Waals surface area contributed by atoms with Gasteiger partial charge in [0, 0.05) is 30.3 Å². The number of carbonyl (C=O) groups is 1. The van der Waals surface area contributed by atoms with Crippen molar-refractivity contribution in [3.05, 3.63) is 33.9 Å². The van der Waals surface area contributed by atoms with E-state index in [1.165, 1.54) is 25.3 Å². The number of rotatable bonds is 6. The fourth-order valence-electron chi connectivity index (χ4n) is 1.42. The van der Waals surface area contributed by atoms with Gasteiger partial charge in [0.05, 0.1) is 12.0 Å². The van der Waals surface area contributed by atoms with Crippen molar-refractivity contribution >= 4 is 11.6 Å². The molecule has 1 unspecified atom stereocenters. The summed E-state index contributed by atoms with van der Waals surface area (Å²) in [6, 6.07) is 4.16. The van der Waals surface area contributed by atoms with E-state index in [2.05, 4.69) is 10.6 Å². The van der Waals surface area contributed by atoms with Gasteiger partial charge in [-0.25, -0.2) is 0 Å². The molecule has 0 aliphatic carbocycles. The van der Waals surface area contributed by atoms with Crippen molar-refractivity contribution < 1.29 is 14.5 Å². The maximum Gasteiger partial charge on any atom is 0.310 e. The van der Waals surface area contributed by atoms with E-state index in [9.17, 15) is 14.9 Å². The molecule has 1 aromatic carbocycles. The largest absolute Gasteiger partial charge is 0.490 e. The minimum Gasteiger partial charge on any atom is -0.490 e.